The number of hydrogen-bond acceptors (Lipinski definition) is 1. The molecule has 0 aliphatic heterocycles. The summed E-state index contributed by atoms with van der Waals surface area (Å²) in [6.45, 7) is 0. The molecular formula is C73H47N. The minimum atomic E-state index is -0.549. The van der Waals surface area contributed by atoms with Gasteiger partial charge in [0.25, 0.3) is 0 Å². The third-order valence-electron chi connectivity index (χ3n) is 16.4. The molecule has 0 saturated carbocycles. The number of rotatable bonds is 6. The molecule has 0 saturated heterocycles. The monoisotopic (exact) mass is 937 g/mol. The minimum absolute atomic E-state index is 0.473. The van der Waals surface area contributed by atoms with Crippen LogP contribution < -0.4 is 0 Å². The van der Waals surface area contributed by atoms with E-state index in [1.807, 2.05) is 0 Å². The van der Waals surface area contributed by atoms with Gasteiger partial charge in [0.2, 0.25) is 0 Å². The van der Waals surface area contributed by atoms with Gasteiger partial charge in [0.15, 0.2) is 0 Å². The van der Waals surface area contributed by atoms with Gasteiger partial charge in [0, 0.05) is 11.1 Å². The molecule has 0 unspecified atom stereocenters. The Balaban J connectivity index is 0.862. The second-order valence-corrected chi connectivity index (χ2v) is 20.1. The molecule has 1 heteroatoms. The van der Waals surface area contributed by atoms with Crippen LogP contribution in [0.2, 0.25) is 0 Å². The first-order valence-corrected chi connectivity index (χ1v) is 25.8. The average molecular weight is 938 g/mol. The maximum absolute atomic E-state index is 5.40. The van der Waals surface area contributed by atoms with Crippen LogP contribution in [0.4, 0.5) is 0 Å². The van der Waals surface area contributed by atoms with Crippen molar-refractivity contribution >= 4 is 0 Å². The van der Waals surface area contributed by atoms with Gasteiger partial charge in [0.05, 0.1) is 22.2 Å². The lowest BCUT2D eigenvalue weighted by Gasteiger charge is -2.48. The quantitative estimate of drug-likeness (QED) is 0.162. The lowest BCUT2D eigenvalue weighted by Crippen LogP contribution is -2.43. The minimum Gasteiger partial charge on any atom is -0.248 e. The Bertz CT molecular complexity index is 3950. The van der Waals surface area contributed by atoms with Crippen LogP contribution in [-0.2, 0) is 10.8 Å². The lowest BCUT2D eigenvalue weighted by molar-refractivity contribution is 0.633. The van der Waals surface area contributed by atoms with E-state index in [9.17, 15) is 0 Å². The van der Waals surface area contributed by atoms with Gasteiger partial charge in [0.1, 0.15) is 0 Å². The summed E-state index contributed by atoms with van der Waals surface area (Å²) in [7, 11) is 0. The van der Waals surface area contributed by atoms with Crippen molar-refractivity contribution in [2.75, 3.05) is 0 Å². The molecule has 0 fully saturated rings. The lowest BCUT2D eigenvalue weighted by atomic mass is 9.52. The molecule has 0 bridgehead atoms. The second-order valence-electron chi connectivity index (χ2n) is 20.1. The summed E-state index contributed by atoms with van der Waals surface area (Å²) in [5, 5.41) is 0. The Kier molecular flexibility index (Phi) is 9.46. The predicted molar refractivity (Wildman–Crippen MR) is 305 cm³/mol. The highest BCUT2D eigenvalue weighted by atomic mass is 14.7. The first kappa shape index (κ1) is 42.3. The van der Waals surface area contributed by atoms with Crippen LogP contribution in [0.5, 0.6) is 0 Å². The number of hydrogen-bond donors (Lipinski definition) is 0. The molecule has 11 aromatic carbocycles. The van der Waals surface area contributed by atoms with Crippen molar-refractivity contribution in [1.82, 2.24) is 4.98 Å². The molecule has 1 aromatic heterocycles. The van der Waals surface area contributed by atoms with Crippen molar-refractivity contribution in [3.8, 4) is 89.3 Å². The van der Waals surface area contributed by atoms with Crippen LogP contribution >= 0.6 is 0 Å². The zero-order chi connectivity index (χ0) is 48.8. The maximum Gasteiger partial charge on any atom is 0.0720 e. The molecule has 3 aliphatic rings. The fourth-order valence-electron chi connectivity index (χ4n) is 13.2. The third-order valence-corrected chi connectivity index (χ3v) is 16.4. The molecule has 15 rings (SSSR count). The van der Waals surface area contributed by atoms with Crippen molar-refractivity contribution in [3.05, 3.63) is 330 Å². The SMILES string of the molecule is c1ccc(-c2ccc(-c3cc(-c4ccc(-c5ccccc5)cc4)nc(-c4ccc(-c5ccc6c(c5)C5(c7ccccc7-6)c6ccccc6C6(c7ccccc7-c7ccccc76)c6ccccc65)cc4)c3)cc2)cc1. The number of nitrogens with zero attached hydrogens (tertiary/aromatic N) is 1. The van der Waals surface area contributed by atoms with E-state index in [-0.39, 0.29) is 0 Å². The first-order chi connectivity index (χ1) is 36.7. The summed E-state index contributed by atoms with van der Waals surface area (Å²) >= 11 is 0. The summed E-state index contributed by atoms with van der Waals surface area (Å²) in [6, 6.07) is 106. The van der Waals surface area contributed by atoms with Crippen molar-refractivity contribution < 1.29 is 0 Å². The van der Waals surface area contributed by atoms with E-state index in [2.05, 4.69) is 285 Å². The average Bonchev–Trinajstić information content (AvgIpc) is 3.98. The summed E-state index contributed by atoms with van der Waals surface area (Å²) in [6.07, 6.45) is 0. The fraction of sp³-hybridized carbons (Fsp3) is 0.0274. The number of benzene rings is 11. The summed E-state index contributed by atoms with van der Waals surface area (Å²) in [4.78, 5) is 5.40. The normalized spacial score (nSPS) is 13.6. The van der Waals surface area contributed by atoms with E-state index in [0.29, 0.717) is 0 Å². The highest BCUT2D eigenvalue weighted by Gasteiger charge is 2.58. The second kappa shape index (κ2) is 16.6. The van der Waals surface area contributed by atoms with Gasteiger partial charge >= 0.3 is 0 Å². The molecule has 344 valence electrons. The molecule has 0 N–H and O–H groups in total. The highest BCUT2D eigenvalue weighted by Crippen LogP contribution is 2.67. The van der Waals surface area contributed by atoms with E-state index < -0.39 is 10.8 Å². The molecule has 12 aromatic rings. The Morgan fingerprint density at radius 2 is 0.446 bits per heavy atom. The molecule has 1 heterocycles. The number of pyridine rings is 1. The smallest absolute Gasteiger partial charge is 0.0720 e. The van der Waals surface area contributed by atoms with Crippen LogP contribution in [-0.4, -0.2) is 4.98 Å². The van der Waals surface area contributed by atoms with E-state index in [0.717, 1.165) is 33.6 Å². The van der Waals surface area contributed by atoms with Gasteiger partial charge in [-0.25, -0.2) is 4.98 Å². The molecule has 0 radical (unpaired) electrons. The highest BCUT2D eigenvalue weighted by molar-refractivity contribution is 5.95. The van der Waals surface area contributed by atoms with E-state index in [4.69, 9.17) is 4.98 Å². The molecule has 1 nitrogen and oxygen atoms in total. The topological polar surface area (TPSA) is 12.9 Å². The van der Waals surface area contributed by atoms with Gasteiger partial charge in [-0.3, -0.25) is 0 Å². The number of aromatic nitrogens is 1. The molecule has 2 spiro atoms. The predicted octanol–water partition coefficient (Wildman–Crippen LogP) is 18.1. The van der Waals surface area contributed by atoms with Crippen molar-refractivity contribution in [3.63, 3.8) is 0 Å². The van der Waals surface area contributed by atoms with Gasteiger partial charge in [-0.1, -0.05) is 267 Å². The zero-order valence-corrected chi connectivity index (χ0v) is 40.6. The Hall–Kier alpha value is -9.43. The van der Waals surface area contributed by atoms with Crippen LogP contribution in [0.15, 0.2) is 285 Å². The molecule has 3 aliphatic carbocycles. The van der Waals surface area contributed by atoms with E-state index in [1.165, 1.54) is 100 Å². The van der Waals surface area contributed by atoms with Crippen molar-refractivity contribution in [1.29, 1.82) is 0 Å². The number of fused-ring (bicyclic) bond motifs is 16. The zero-order valence-electron chi connectivity index (χ0n) is 40.6. The standard InChI is InChI=1S/C73H47N/c1-3-17-48(18-4-1)50-31-33-53(34-32-50)57-46-70(54-39-35-51(36-40-54)49-19-5-2-6-20-49)74-71(47-57)55-41-37-52(38-42-55)56-43-44-61-60-23-9-12-26-64(60)73(69(61)45-56)67-29-15-13-27-65(67)72(66-28-14-16-30-68(66)73)62-24-10-7-21-58(62)59-22-8-11-25-63(59)72/h1-47H. The molecule has 74 heavy (non-hydrogen) atoms. The van der Waals surface area contributed by atoms with Crippen LogP contribution in [0, 0.1) is 0 Å². The van der Waals surface area contributed by atoms with E-state index in [1.54, 1.807) is 0 Å². The Labute approximate surface area is 432 Å². The third kappa shape index (κ3) is 6.14. The summed E-state index contributed by atoms with van der Waals surface area (Å²) in [5.41, 5.74) is 28.4. The molecular weight excluding hydrogens is 891 g/mol. The van der Waals surface area contributed by atoms with Gasteiger partial charge in [-0.15, -0.1) is 0 Å². The largest absolute Gasteiger partial charge is 0.248 e. The van der Waals surface area contributed by atoms with E-state index >= 15 is 0 Å². The molecule has 0 atom stereocenters. The van der Waals surface area contributed by atoms with Crippen molar-refractivity contribution in [2.45, 2.75) is 10.8 Å². The first-order valence-electron chi connectivity index (χ1n) is 25.8. The van der Waals surface area contributed by atoms with Gasteiger partial charge in [-0.05, 0) is 129 Å². The van der Waals surface area contributed by atoms with Crippen LogP contribution in [0.1, 0.15) is 44.5 Å². The maximum atomic E-state index is 5.40. The Morgan fingerprint density at radius 3 is 0.851 bits per heavy atom. The van der Waals surface area contributed by atoms with Crippen molar-refractivity contribution in [2.24, 2.45) is 0 Å². The van der Waals surface area contributed by atoms with Crippen LogP contribution in [0.25, 0.3) is 89.3 Å². The fourth-order valence-corrected chi connectivity index (χ4v) is 13.2. The van der Waals surface area contributed by atoms with Gasteiger partial charge < -0.3 is 0 Å². The Morgan fingerprint density at radius 1 is 0.176 bits per heavy atom. The molecule has 0 amide bonds. The summed E-state index contributed by atoms with van der Waals surface area (Å²) < 4.78 is 0. The van der Waals surface area contributed by atoms with Gasteiger partial charge in [-0.2, -0.15) is 0 Å². The summed E-state index contributed by atoms with van der Waals surface area (Å²) in [5.74, 6) is 0. The van der Waals surface area contributed by atoms with Crippen LogP contribution in [0.3, 0.4) is 0 Å².